The van der Waals surface area contributed by atoms with E-state index in [1.54, 1.807) is 6.20 Å². The molecule has 0 aliphatic carbocycles. The Morgan fingerprint density at radius 3 is 2.72 bits per heavy atom. The average molecular weight is 426 g/mol. The van der Waals surface area contributed by atoms with Gasteiger partial charge in [-0.1, -0.05) is 24.3 Å². The van der Waals surface area contributed by atoms with Crippen molar-refractivity contribution in [1.82, 2.24) is 19.9 Å². The molecule has 0 amide bonds. The van der Waals surface area contributed by atoms with Crippen LogP contribution in [0.25, 0.3) is 21.8 Å². The molecule has 160 valence electrons. The predicted molar refractivity (Wildman–Crippen MR) is 127 cm³/mol. The van der Waals surface area contributed by atoms with Gasteiger partial charge in [-0.2, -0.15) is 0 Å². The van der Waals surface area contributed by atoms with Gasteiger partial charge in [0.2, 0.25) is 0 Å². The number of para-hydroxylation sites is 1. The Kier molecular flexibility index (Phi) is 5.15. The number of nitrogens with one attached hydrogen (secondary N) is 3. The number of aromatic nitrogens is 4. The summed E-state index contributed by atoms with van der Waals surface area (Å²) < 4.78 is 14.2. The molecule has 3 aromatic heterocycles. The topological polar surface area (TPSA) is 78.5 Å². The summed E-state index contributed by atoms with van der Waals surface area (Å²) in [4.78, 5) is 16.3. The number of nitrogens with zero attached hydrogens (tertiary/aromatic N) is 3. The van der Waals surface area contributed by atoms with E-state index in [9.17, 15) is 4.39 Å². The minimum Gasteiger partial charge on any atom is -0.370 e. The van der Waals surface area contributed by atoms with Crippen LogP contribution in [0, 0.1) is 19.7 Å². The summed E-state index contributed by atoms with van der Waals surface area (Å²) in [5, 5.41) is 8.67. The summed E-state index contributed by atoms with van der Waals surface area (Å²) in [7, 11) is 0. The second kappa shape index (κ2) is 8.26. The van der Waals surface area contributed by atoms with Crippen LogP contribution >= 0.6 is 0 Å². The molecule has 6 nitrogen and oxygen atoms in total. The van der Waals surface area contributed by atoms with Crippen molar-refractivity contribution in [3.8, 4) is 0 Å². The van der Waals surface area contributed by atoms with Gasteiger partial charge in [0, 0.05) is 29.1 Å². The van der Waals surface area contributed by atoms with Crippen molar-refractivity contribution in [1.29, 1.82) is 0 Å². The molecular formula is C25H23FN6. The van der Waals surface area contributed by atoms with E-state index in [4.69, 9.17) is 0 Å². The van der Waals surface area contributed by atoms with Gasteiger partial charge in [-0.25, -0.2) is 14.4 Å². The fraction of sp³-hybridized carbons (Fsp3) is 0.160. The van der Waals surface area contributed by atoms with E-state index in [0.29, 0.717) is 17.9 Å². The third-order valence-corrected chi connectivity index (χ3v) is 5.64. The minimum atomic E-state index is -0.220. The summed E-state index contributed by atoms with van der Waals surface area (Å²) in [5.74, 6) is 1.18. The monoisotopic (exact) mass is 426 g/mol. The molecule has 0 aliphatic rings. The lowest BCUT2D eigenvalue weighted by Gasteiger charge is -2.10. The summed E-state index contributed by atoms with van der Waals surface area (Å²) in [5.41, 5.74) is 5.57. The molecule has 2 aromatic carbocycles. The van der Waals surface area contributed by atoms with E-state index in [1.807, 2.05) is 56.3 Å². The quantitative estimate of drug-likeness (QED) is 0.326. The lowest BCUT2D eigenvalue weighted by Crippen LogP contribution is -2.08. The Morgan fingerprint density at radius 1 is 0.969 bits per heavy atom. The highest BCUT2D eigenvalue weighted by Gasteiger charge is 2.13. The van der Waals surface area contributed by atoms with Gasteiger partial charge in [-0.05, 0) is 49.6 Å². The second-order valence-electron chi connectivity index (χ2n) is 7.85. The molecule has 32 heavy (non-hydrogen) atoms. The third-order valence-electron chi connectivity index (χ3n) is 5.64. The maximum Gasteiger partial charge on any atom is 0.147 e. The van der Waals surface area contributed by atoms with Crippen LogP contribution in [0.2, 0.25) is 0 Å². The average Bonchev–Trinajstić information content (AvgIpc) is 3.14. The van der Waals surface area contributed by atoms with Crippen molar-refractivity contribution >= 4 is 39.1 Å². The molecule has 0 saturated carbocycles. The van der Waals surface area contributed by atoms with Crippen molar-refractivity contribution < 1.29 is 4.39 Å². The van der Waals surface area contributed by atoms with Gasteiger partial charge in [0.25, 0.3) is 0 Å². The van der Waals surface area contributed by atoms with E-state index in [1.165, 1.54) is 12.4 Å². The number of pyridine rings is 1. The molecule has 0 radical (unpaired) electrons. The molecule has 7 heteroatoms. The standard InChI is InChI=1S/C25H23FN6/c1-15-7-8-20(26)25-24(15)19(16(2)31-25)9-10-27-22-12-23(30-14-29-22)32-18-11-17-5-3-4-6-21(17)28-13-18/h3-8,11-14,31H,9-10H2,1-2H3,(H2,27,29,30,32). The Balaban J connectivity index is 1.29. The highest BCUT2D eigenvalue weighted by molar-refractivity contribution is 5.88. The molecule has 3 heterocycles. The largest absolute Gasteiger partial charge is 0.370 e. The van der Waals surface area contributed by atoms with Crippen LogP contribution in [0.3, 0.4) is 0 Å². The SMILES string of the molecule is Cc1[nH]c2c(F)ccc(C)c2c1CCNc1cc(Nc2cnc3ccccc3c2)ncn1. The van der Waals surface area contributed by atoms with Crippen molar-refractivity contribution in [2.45, 2.75) is 20.3 Å². The molecule has 5 aromatic rings. The van der Waals surface area contributed by atoms with Gasteiger partial charge in [-0.3, -0.25) is 4.98 Å². The van der Waals surface area contributed by atoms with E-state index in [2.05, 4.69) is 30.6 Å². The number of hydrogen-bond acceptors (Lipinski definition) is 5. The maximum absolute atomic E-state index is 14.2. The minimum absolute atomic E-state index is 0.220. The summed E-state index contributed by atoms with van der Waals surface area (Å²) >= 11 is 0. The van der Waals surface area contributed by atoms with Crippen LogP contribution < -0.4 is 10.6 Å². The number of fused-ring (bicyclic) bond motifs is 2. The van der Waals surface area contributed by atoms with Crippen molar-refractivity contribution in [2.24, 2.45) is 0 Å². The Morgan fingerprint density at radius 2 is 1.81 bits per heavy atom. The fourth-order valence-corrected chi connectivity index (χ4v) is 4.08. The molecule has 0 unspecified atom stereocenters. The first kappa shape index (κ1) is 19.9. The van der Waals surface area contributed by atoms with Crippen LogP contribution in [-0.4, -0.2) is 26.5 Å². The van der Waals surface area contributed by atoms with Gasteiger partial charge in [0.15, 0.2) is 0 Å². The molecule has 0 aliphatic heterocycles. The number of halogens is 1. The lowest BCUT2D eigenvalue weighted by molar-refractivity contribution is 0.637. The first-order valence-electron chi connectivity index (χ1n) is 10.5. The van der Waals surface area contributed by atoms with Gasteiger partial charge in [-0.15, -0.1) is 0 Å². The van der Waals surface area contributed by atoms with Gasteiger partial charge < -0.3 is 15.6 Å². The normalized spacial score (nSPS) is 11.2. The molecular weight excluding hydrogens is 403 g/mol. The number of rotatable bonds is 6. The Bertz CT molecular complexity index is 1430. The summed E-state index contributed by atoms with van der Waals surface area (Å²) in [6.45, 7) is 4.66. The zero-order valence-electron chi connectivity index (χ0n) is 17.9. The van der Waals surface area contributed by atoms with Crippen LogP contribution in [0.4, 0.5) is 21.7 Å². The van der Waals surface area contributed by atoms with Crippen LogP contribution in [-0.2, 0) is 6.42 Å². The molecule has 3 N–H and O–H groups in total. The van der Waals surface area contributed by atoms with Crippen LogP contribution in [0.5, 0.6) is 0 Å². The van der Waals surface area contributed by atoms with Crippen LogP contribution in [0.15, 0.2) is 61.1 Å². The number of aryl methyl sites for hydroxylation is 2. The summed E-state index contributed by atoms with van der Waals surface area (Å²) in [6.07, 6.45) is 4.06. The molecule has 0 bridgehead atoms. The fourth-order valence-electron chi connectivity index (χ4n) is 4.08. The molecule has 0 atom stereocenters. The predicted octanol–water partition coefficient (Wildman–Crippen LogP) is 5.66. The van der Waals surface area contributed by atoms with Crippen molar-refractivity contribution in [2.75, 3.05) is 17.2 Å². The van der Waals surface area contributed by atoms with Gasteiger partial charge in [0.1, 0.15) is 23.8 Å². The highest BCUT2D eigenvalue weighted by Crippen LogP contribution is 2.28. The lowest BCUT2D eigenvalue weighted by atomic mass is 10.0. The zero-order chi connectivity index (χ0) is 22.1. The number of H-pyrrole nitrogens is 1. The second-order valence-corrected chi connectivity index (χ2v) is 7.85. The van der Waals surface area contributed by atoms with E-state index < -0.39 is 0 Å². The Labute approximate surface area is 185 Å². The van der Waals surface area contributed by atoms with Crippen molar-refractivity contribution in [3.05, 3.63) is 83.7 Å². The first-order valence-corrected chi connectivity index (χ1v) is 10.5. The summed E-state index contributed by atoms with van der Waals surface area (Å²) in [6, 6.07) is 15.2. The highest BCUT2D eigenvalue weighted by atomic mass is 19.1. The zero-order valence-corrected chi connectivity index (χ0v) is 17.9. The molecule has 0 fully saturated rings. The van der Waals surface area contributed by atoms with Crippen LogP contribution in [0.1, 0.15) is 16.8 Å². The number of benzene rings is 2. The van der Waals surface area contributed by atoms with E-state index in [0.717, 1.165) is 51.0 Å². The van der Waals surface area contributed by atoms with Gasteiger partial charge >= 0.3 is 0 Å². The van der Waals surface area contributed by atoms with E-state index >= 15 is 0 Å². The smallest absolute Gasteiger partial charge is 0.147 e. The Hall–Kier alpha value is -4.00. The molecule has 5 rings (SSSR count). The van der Waals surface area contributed by atoms with Gasteiger partial charge in [0.05, 0.1) is 22.9 Å². The number of anilines is 3. The molecule has 0 spiro atoms. The first-order chi connectivity index (χ1) is 15.6. The van der Waals surface area contributed by atoms with Crippen molar-refractivity contribution in [3.63, 3.8) is 0 Å². The third kappa shape index (κ3) is 3.85. The molecule has 0 saturated heterocycles. The van der Waals surface area contributed by atoms with E-state index in [-0.39, 0.29) is 5.82 Å². The maximum atomic E-state index is 14.2. The number of aromatic amines is 1. The number of hydrogen-bond donors (Lipinski definition) is 3.